The highest BCUT2D eigenvalue weighted by atomic mass is 16.5. The molecule has 1 saturated heterocycles. The molecule has 162 valence electrons. The number of nitrogens with zero attached hydrogens (tertiary/aromatic N) is 2. The molecule has 2 aromatic carbocycles. The van der Waals surface area contributed by atoms with Gasteiger partial charge in [-0.25, -0.2) is 0 Å². The summed E-state index contributed by atoms with van der Waals surface area (Å²) in [6, 6.07) is 14.8. The summed E-state index contributed by atoms with van der Waals surface area (Å²) in [5, 5.41) is 0. The second kappa shape index (κ2) is 9.20. The summed E-state index contributed by atoms with van der Waals surface area (Å²) < 4.78 is 10.6. The van der Waals surface area contributed by atoms with E-state index in [1.807, 2.05) is 36.4 Å². The van der Waals surface area contributed by atoms with Gasteiger partial charge in [0.05, 0.1) is 24.8 Å². The Kier molecular flexibility index (Phi) is 6.21. The van der Waals surface area contributed by atoms with Crippen molar-refractivity contribution in [2.24, 2.45) is 5.92 Å². The Morgan fingerprint density at radius 2 is 1.77 bits per heavy atom. The number of esters is 1. The van der Waals surface area contributed by atoms with Crippen LogP contribution in [0.5, 0.6) is 5.75 Å². The van der Waals surface area contributed by atoms with E-state index in [2.05, 4.69) is 0 Å². The number of likely N-dealkylation sites (tertiary alicyclic amines) is 1. The van der Waals surface area contributed by atoms with E-state index >= 15 is 0 Å². The standard InChI is InChI=1S/C24H26N2O5/c1-2-30-24(29)19-11-13-25(14-12-19)23(28)18-9-7-17(8-10-18)15-26-20-5-3-4-6-21(20)31-16-22(26)27/h3-10,19H,2,11-16H2,1H3. The van der Waals surface area contributed by atoms with Crippen molar-refractivity contribution >= 4 is 23.5 Å². The van der Waals surface area contributed by atoms with E-state index in [1.54, 1.807) is 28.9 Å². The first kappa shape index (κ1) is 20.9. The number of anilines is 1. The summed E-state index contributed by atoms with van der Waals surface area (Å²) >= 11 is 0. The Labute approximate surface area is 181 Å². The van der Waals surface area contributed by atoms with Gasteiger partial charge in [-0.15, -0.1) is 0 Å². The molecule has 0 aromatic heterocycles. The quantitative estimate of drug-likeness (QED) is 0.693. The van der Waals surface area contributed by atoms with Crippen molar-refractivity contribution in [2.45, 2.75) is 26.3 Å². The van der Waals surface area contributed by atoms with E-state index in [0.29, 0.717) is 50.4 Å². The molecular weight excluding hydrogens is 396 g/mol. The number of ether oxygens (including phenoxy) is 2. The number of amides is 2. The fourth-order valence-electron chi connectivity index (χ4n) is 4.02. The van der Waals surface area contributed by atoms with Crippen LogP contribution in [0.4, 0.5) is 5.69 Å². The number of hydrogen-bond donors (Lipinski definition) is 0. The summed E-state index contributed by atoms with van der Waals surface area (Å²) in [6.07, 6.45) is 1.25. The van der Waals surface area contributed by atoms with Gasteiger partial charge in [0.2, 0.25) is 0 Å². The molecule has 2 aliphatic heterocycles. The molecule has 2 heterocycles. The summed E-state index contributed by atoms with van der Waals surface area (Å²) in [6.45, 7) is 3.71. The van der Waals surface area contributed by atoms with Crippen LogP contribution in [0.2, 0.25) is 0 Å². The molecule has 0 N–H and O–H groups in total. The van der Waals surface area contributed by atoms with Crippen molar-refractivity contribution in [3.63, 3.8) is 0 Å². The van der Waals surface area contributed by atoms with Crippen molar-refractivity contribution in [1.29, 1.82) is 0 Å². The molecule has 7 heteroatoms. The molecule has 7 nitrogen and oxygen atoms in total. The van der Waals surface area contributed by atoms with Crippen LogP contribution in [0.3, 0.4) is 0 Å². The van der Waals surface area contributed by atoms with Gasteiger partial charge in [0.15, 0.2) is 6.61 Å². The number of benzene rings is 2. The van der Waals surface area contributed by atoms with E-state index in [9.17, 15) is 14.4 Å². The smallest absolute Gasteiger partial charge is 0.309 e. The van der Waals surface area contributed by atoms with Gasteiger partial charge < -0.3 is 19.3 Å². The molecular formula is C24H26N2O5. The van der Waals surface area contributed by atoms with Crippen LogP contribution in [-0.4, -0.2) is 49.0 Å². The van der Waals surface area contributed by atoms with Crippen LogP contribution in [0.15, 0.2) is 48.5 Å². The lowest BCUT2D eigenvalue weighted by atomic mass is 9.96. The Balaban J connectivity index is 1.38. The Hall–Kier alpha value is -3.35. The lowest BCUT2D eigenvalue weighted by Gasteiger charge is -2.31. The monoisotopic (exact) mass is 422 g/mol. The minimum atomic E-state index is -0.168. The SMILES string of the molecule is CCOC(=O)C1CCN(C(=O)c2ccc(CN3C(=O)COc4ccccc43)cc2)CC1. The highest BCUT2D eigenvalue weighted by Crippen LogP contribution is 2.32. The predicted molar refractivity (Wildman–Crippen MR) is 115 cm³/mol. The first-order valence-electron chi connectivity index (χ1n) is 10.6. The molecule has 2 aliphatic rings. The van der Waals surface area contributed by atoms with Gasteiger partial charge >= 0.3 is 5.97 Å². The minimum absolute atomic E-state index is 0.0232. The van der Waals surface area contributed by atoms with Gasteiger partial charge in [-0.2, -0.15) is 0 Å². The second-order valence-electron chi connectivity index (χ2n) is 7.75. The second-order valence-corrected chi connectivity index (χ2v) is 7.75. The van der Waals surface area contributed by atoms with Crippen LogP contribution < -0.4 is 9.64 Å². The summed E-state index contributed by atoms with van der Waals surface area (Å²) in [7, 11) is 0. The molecule has 31 heavy (non-hydrogen) atoms. The normalized spacial score (nSPS) is 16.5. The third-order valence-electron chi connectivity index (χ3n) is 5.75. The van der Waals surface area contributed by atoms with Crippen LogP contribution in [-0.2, 0) is 20.9 Å². The topological polar surface area (TPSA) is 76.2 Å². The van der Waals surface area contributed by atoms with Gasteiger partial charge in [-0.1, -0.05) is 24.3 Å². The van der Waals surface area contributed by atoms with Crippen LogP contribution in [0, 0.1) is 5.92 Å². The van der Waals surface area contributed by atoms with Crippen molar-refractivity contribution in [2.75, 3.05) is 31.2 Å². The Bertz CT molecular complexity index is 964. The third-order valence-corrected chi connectivity index (χ3v) is 5.75. The van der Waals surface area contributed by atoms with Gasteiger partial charge in [0, 0.05) is 18.7 Å². The summed E-state index contributed by atoms with van der Waals surface area (Å²) in [5.74, 6) is 0.267. The maximum Gasteiger partial charge on any atom is 0.309 e. The largest absolute Gasteiger partial charge is 0.482 e. The van der Waals surface area contributed by atoms with E-state index in [4.69, 9.17) is 9.47 Å². The number of carbonyl (C=O) groups excluding carboxylic acids is 3. The van der Waals surface area contributed by atoms with Crippen molar-refractivity contribution in [3.8, 4) is 5.75 Å². The van der Waals surface area contributed by atoms with E-state index in [1.165, 1.54) is 0 Å². The van der Waals surface area contributed by atoms with Crippen molar-refractivity contribution in [3.05, 3.63) is 59.7 Å². The van der Waals surface area contributed by atoms with Crippen LogP contribution >= 0.6 is 0 Å². The fraction of sp³-hybridized carbons (Fsp3) is 0.375. The minimum Gasteiger partial charge on any atom is -0.482 e. The van der Waals surface area contributed by atoms with Gasteiger partial charge in [-0.05, 0) is 49.6 Å². The third kappa shape index (κ3) is 4.55. The summed E-state index contributed by atoms with van der Waals surface area (Å²) in [5.41, 5.74) is 2.29. The molecule has 0 aliphatic carbocycles. The zero-order chi connectivity index (χ0) is 21.8. The van der Waals surface area contributed by atoms with E-state index in [0.717, 1.165) is 11.3 Å². The number of piperidine rings is 1. The van der Waals surface area contributed by atoms with Crippen LogP contribution in [0.1, 0.15) is 35.7 Å². The maximum absolute atomic E-state index is 12.8. The van der Waals surface area contributed by atoms with E-state index < -0.39 is 0 Å². The highest BCUT2D eigenvalue weighted by Gasteiger charge is 2.29. The van der Waals surface area contributed by atoms with Crippen molar-refractivity contribution in [1.82, 2.24) is 4.90 Å². The molecule has 0 radical (unpaired) electrons. The first-order chi connectivity index (χ1) is 15.1. The van der Waals surface area contributed by atoms with Crippen LogP contribution in [0.25, 0.3) is 0 Å². The maximum atomic E-state index is 12.8. The molecule has 0 spiro atoms. The van der Waals surface area contributed by atoms with Gasteiger partial charge in [0.25, 0.3) is 11.8 Å². The van der Waals surface area contributed by atoms with Gasteiger partial charge in [-0.3, -0.25) is 14.4 Å². The number of hydrogen-bond acceptors (Lipinski definition) is 5. The molecule has 2 aromatic rings. The number of para-hydroxylation sites is 2. The zero-order valence-corrected chi connectivity index (χ0v) is 17.6. The van der Waals surface area contributed by atoms with Gasteiger partial charge in [0.1, 0.15) is 5.75 Å². The Morgan fingerprint density at radius 1 is 1.06 bits per heavy atom. The lowest BCUT2D eigenvalue weighted by Crippen LogP contribution is -2.40. The average molecular weight is 422 g/mol. The lowest BCUT2D eigenvalue weighted by molar-refractivity contribution is -0.149. The number of carbonyl (C=O) groups is 3. The average Bonchev–Trinajstić information content (AvgIpc) is 2.81. The molecule has 0 saturated carbocycles. The Morgan fingerprint density at radius 3 is 2.48 bits per heavy atom. The zero-order valence-electron chi connectivity index (χ0n) is 17.6. The molecule has 0 unspecified atom stereocenters. The van der Waals surface area contributed by atoms with E-state index in [-0.39, 0.29) is 30.3 Å². The molecule has 0 bridgehead atoms. The summed E-state index contributed by atoms with van der Waals surface area (Å²) in [4.78, 5) is 40.6. The molecule has 0 atom stereocenters. The number of rotatable bonds is 5. The molecule has 2 amide bonds. The fourth-order valence-corrected chi connectivity index (χ4v) is 4.02. The molecule has 4 rings (SSSR count). The number of fused-ring (bicyclic) bond motifs is 1. The molecule has 1 fully saturated rings. The highest BCUT2D eigenvalue weighted by molar-refractivity contribution is 5.98. The predicted octanol–water partition coefficient (Wildman–Crippen LogP) is 3.03. The van der Waals surface area contributed by atoms with Crippen molar-refractivity contribution < 1.29 is 23.9 Å². The first-order valence-corrected chi connectivity index (χ1v) is 10.6.